The number of nitrogens with one attached hydrogen (secondary N) is 1. The van der Waals surface area contributed by atoms with Crippen LogP contribution in [0.2, 0.25) is 0 Å². The average molecular weight is 266 g/mol. The van der Waals surface area contributed by atoms with Gasteiger partial charge in [-0.25, -0.2) is 0 Å². The second-order valence-corrected chi connectivity index (χ2v) is 6.76. The Morgan fingerprint density at radius 3 is 2.63 bits per heavy atom. The van der Waals surface area contributed by atoms with Crippen LogP contribution in [0.5, 0.6) is 0 Å². The first-order chi connectivity index (χ1) is 9.42. The van der Waals surface area contributed by atoms with Gasteiger partial charge < -0.3 is 10.1 Å². The van der Waals surface area contributed by atoms with Gasteiger partial charge in [-0.15, -0.1) is 0 Å². The van der Waals surface area contributed by atoms with Gasteiger partial charge in [-0.05, 0) is 44.7 Å². The molecule has 0 aromatic carbocycles. The van der Waals surface area contributed by atoms with Gasteiger partial charge in [0.25, 0.3) is 0 Å². The second kappa shape index (κ2) is 7.05. The minimum atomic E-state index is 0.431. The zero-order valence-corrected chi connectivity index (χ0v) is 12.3. The Kier molecular flexibility index (Phi) is 5.14. The van der Waals surface area contributed by atoms with Crippen molar-refractivity contribution in [1.82, 2.24) is 10.2 Å². The third-order valence-electron chi connectivity index (χ3n) is 5.24. The Morgan fingerprint density at radius 1 is 0.947 bits per heavy atom. The van der Waals surface area contributed by atoms with Crippen LogP contribution in [0.4, 0.5) is 0 Å². The zero-order valence-electron chi connectivity index (χ0n) is 12.3. The molecule has 2 saturated heterocycles. The third-order valence-corrected chi connectivity index (χ3v) is 5.24. The fourth-order valence-corrected chi connectivity index (χ4v) is 4.03. The summed E-state index contributed by atoms with van der Waals surface area (Å²) in [5, 5.41) is 3.68. The van der Waals surface area contributed by atoms with Crippen molar-refractivity contribution in [3.63, 3.8) is 0 Å². The fourth-order valence-electron chi connectivity index (χ4n) is 4.03. The van der Waals surface area contributed by atoms with Gasteiger partial charge in [0.1, 0.15) is 0 Å². The molecular weight excluding hydrogens is 236 g/mol. The molecule has 3 aliphatic rings. The summed E-state index contributed by atoms with van der Waals surface area (Å²) in [6.45, 7) is 5.69. The number of ether oxygens (including phenoxy) is 1. The smallest absolute Gasteiger partial charge is 0.0826 e. The van der Waals surface area contributed by atoms with E-state index >= 15 is 0 Å². The van der Waals surface area contributed by atoms with E-state index in [9.17, 15) is 0 Å². The molecule has 110 valence electrons. The minimum absolute atomic E-state index is 0.431. The lowest BCUT2D eigenvalue weighted by atomic mass is 10.0. The summed E-state index contributed by atoms with van der Waals surface area (Å²) in [4.78, 5) is 2.64. The van der Waals surface area contributed by atoms with E-state index in [0.29, 0.717) is 6.10 Å². The maximum absolute atomic E-state index is 6.00. The molecule has 2 unspecified atom stereocenters. The van der Waals surface area contributed by atoms with Gasteiger partial charge in [0.15, 0.2) is 0 Å². The first-order valence-electron chi connectivity index (χ1n) is 8.48. The predicted octanol–water partition coefficient (Wildman–Crippen LogP) is 2.41. The Bertz CT molecular complexity index is 263. The van der Waals surface area contributed by atoms with Crippen molar-refractivity contribution < 1.29 is 4.74 Å². The normalized spacial score (nSPS) is 34.1. The number of rotatable bonds is 4. The van der Waals surface area contributed by atoms with Crippen LogP contribution in [0.1, 0.15) is 51.4 Å². The highest BCUT2D eigenvalue weighted by Crippen LogP contribution is 2.23. The lowest BCUT2D eigenvalue weighted by molar-refractivity contribution is -0.0471. The zero-order chi connectivity index (χ0) is 12.9. The topological polar surface area (TPSA) is 24.5 Å². The van der Waals surface area contributed by atoms with Crippen LogP contribution in [-0.2, 0) is 4.74 Å². The first kappa shape index (κ1) is 13.8. The summed E-state index contributed by atoms with van der Waals surface area (Å²) >= 11 is 0. The molecule has 0 aromatic rings. The van der Waals surface area contributed by atoms with E-state index in [1.54, 1.807) is 0 Å². The Morgan fingerprint density at radius 2 is 1.79 bits per heavy atom. The lowest BCUT2D eigenvalue weighted by Gasteiger charge is -2.35. The average Bonchev–Trinajstić information content (AvgIpc) is 2.74. The number of fused-ring (bicyclic) bond motifs is 1. The molecule has 2 heterocycles. The molecule has 0 spiro atoms. The quantitative estimate of drug-likeness (QED) is 0.791. The van der Waals surface area contributed by atoms with Crippen molar-refractivity contribution in [3.05, 3.63) is 0 Å². The lowest BCUT2D eigenvalue weighted by Crippen LogP contribution is -2.49. The van der Waals surface area contributed by atoms with E-state index in [2.05, 4.69) is 10.2 Å². The number of nitrogens with zero attached hydrogens (tertiary/aromatic N) is 1. The van der Waals surface area contributed by atoms with Gasteiger partial charge in [-0.3, -0.25) is 4.90 Å². The van der Waals surface area contributed by atoms with E-state index in [0.717, 1.165) is 31.7 Å². The van der Waals surface area contributed by atoms with E-state index < -0.39 is 0 Å². The molecule has 2 aliphatic heterocycles. The van der Waals surface area contributed by atoms with Gasteiger partial charge in [0.2, 0.25) is 0 Å². The molecule has 2 atom stereocenters. The molecule has 0 amide bonds. The highest BCUT2D eigenvalue weighted by molar-refractivity contribution is 4.86. The van der Waals surface area contributed by atoms with Crippen molar-refractivity contribution in [1.29, 1.82) is 0 Å². The molecule has 1 N–H and O–H groups in total. The number of hydrogen-bond donors (Lipinski definition) is 1. The molecule has 0 aromatic heterocycles. The SMILES string of the molecule is C1CCCC(CNCC2CN3CCCC3CO2)CC1. The van der Waals surface area contributed by atoms with Gasteiger partial charge in [-0.2, -0.15) is 0 Å². The standard InChI is InChI=1S/C16H30N2O/c1-2-4-7-14(6-3-1)10-17-11-16-12-18-9-5-8-15(18)13-19-16/h14-17H,1-13H2. The molecule has 3 heteroatoms. The Labute approximate surface area is 118 Å². The van der Waals surface area contributed by atoms with Crippen molar-refractivity contribution in [2.45, 2.75) is 63.5 Å². The Hall–Kier alpha value is -0.120. The second-order valence-electron chi connectivity index (χ2n) is 6.76. The van der Waals surface area contributed by atoms with Crippen molar-refractivity contribution in [3.8, 4) is 0 Å². The molecule has 3 nitrogen and oxygen atoms in total. The van der Waals surface area contributed by atoms with Gasteiger partial charge in [0, 0.05) is 19.1 Å². The first-order valence-corrected chi connectivity index (χ1v) is 8.48. The summed E-state index contributed by atoms with van der Waals surface area (Å²) in [5.74, 6) is 0.922. The van der Waals surface area contributed by atoms with Crippen LogP contribution < -0.4 is 5.32 Å². The van der Waals surface area contributed by atoms with Gasteiger partial charge >= 0.3 is 0 Å². The van der Waals surface area contributed by atoms with Crippen LogP contribution in [0.15, 0.2) is 0 Å². The largest absolute Gasteiger partial charge is 0.374 e. The summed E-state index contributed by atoms with van der Waals surface area (Å²) in [7, 11) is 0. The van der Waals surface area contributed by atoms with Crippen LogP contribution in [0, 0.1) is 5.92 Å². The van der Waals surface area contributed by atoms with Crippen molar-refractivity contribution in [2.75, 3.05) is 32.8 Å². The maximum atomic E-state index is 6.00. The van der Waals surface area contributed by atoms with Crippen molar-refractivity contribution in [2.24, 2.45) is 5.92 Å². The van der Waals surface area contributed by atoms with E-state index in [4.69, 9.17) is 4.74 Å². The summed E-state index contributed by atoms with van der Waals surface area (Å²) < 4.78 is 6.00. The van der Waals surface area contributed by atoms with Crippen LogP contribution in [0.25, 0.3) is 0 Å². The third kappa shape index (κ3) is 3.93. The van der Waals surface area contributed by atoms with E-state index in [1.807, 2.05) is 0 Å². The molecule has 3 rings (SSSR count). The highest BCUT2D eigenvalue weighted by atomic mass is 16.5. The minimum Gasteiger partial charge on any atom is -0.374 e. The molecular formula is C16H30N2O. The summed E-state index contributed by atoms with van der Waals surface area (Å²) in [6.07, 6.45) is 11.8. The number of hydrogen-bond acceptors (Lipinski definition) is 3. The number of morpholine rings is 1. The van der Waals surface area contributed by atoms with Crippen LogP contribution in [0.3, 0.4) is 0 Å². The van der Waals surface area contributed by atoms with Crippen LogP contribution in [-0.4, -0.2) is 49.8 Å². The Balaban J connectivity index is 1.33. The maximum Gasteiger partial charge on any atom is 0.0826 e. The molecule has 1 saturated carbocycles. The molecule has 0 bridgehead atoms. The molecule has 1 aliphatic carbocycles. The highest BCUT2D eigenvalue weighted by Gasteiger charge is 2.31. The van der Waals surface area contributed by atoms with Crippen molar-refractivity contribution >= 4 is 0 Å². The fraction of sp³-hybridized carbons (Fsp3) is 1.00. The molecule has 0 radical (unpaired) electrons. The monoisotopic (exact) mass is 266 g/mol. The summed E-state index contributed by atoms with van der Waals surface area (Å²) in [5.41, 5.74) is 0. The van der Waals surface area contributed by atoms with E-state index in [-0.39, 0.29) is 0 Å². The predicted molar refractivity (Wildman–Crippen MR) is 78.4 cm³/mol. The van der Waals surface area contributed by atoms with Gasteiger partial charge in [0.05, 0.1) is 12.7 Å². The van der Waals surface area contributed by atoms with Crippen LogP contribution >= 0.6 is 0 Å². The van der Waals surface area contributed by atoms with E-state index in [1.165, 1.54) is 64.5 Å². The summed E-state index contributed by atoms with van der Waals surface area (Å²) in [6, 6.07) is 0.734. The van der Waals surface area contributed by atoms with Gasteiger partial charge in [-0.1, -0.05) is 25.7 Å². The molecule has 3 fully saturated rings. The molecule has 19 heavy (non-hydrogen) atoms.